The molecule has 0 saturated heterocycles. The Morgan fingerprint density at radius 3 is 2.47 bits per heavy atom. The summed E-state index contributed by atoms with van der Waals surface area (Å²) in [7, 11) is 1.12. The number of carbonyl (C=O) groups excluding carboxylic acids is 3. The van der Waals surface area contributed by atoms with Crippen molar-refractivity contribution in [2.45, 2.75) is 19.3 Å². The van der Waals surface area contributed by atoms with Gasteiger partial charge in [0, 0.05) is 13.1 Å². The third-order valence-corrected chi connectivity index (χ3v) is 4.33. The summed E-state index contributed by atoms with van der Waals surface area (Å²) in [6.07, 6.45) is 1.09. The first-order valence-electron chi connectivity index (χ1n) is 8.97. The molecule has 0 aliphatic carbocycles. The van der Waals surface area contributed by atoms with Crippen LogP contribution in [0, 0.1) is 0 Å². The molecule has 1 unspecified atom stereocenters. The van der Waals surface area contributed by atoms with Crippen molar-refractivity contribution in [3.63, 3.8) is 0 Å². The SMILES string of the molecule is COC(=O)/C(C=NCc1ccccc1)=C(\O)C1(OC(C)=O)OC(=O)c2ccccc21. The first kappa shape index (κ1) is 20.8. The van der Waals surface area contributed by atoms with E-state index in [1.54, 1.807) is 12.1 Å². The number of fused-ring (bicyclic) bond motifs is 1. The minimum atomic E-state index is -2.32. The summed E-state index contributed by atoms with van der Waals surface area (Å²) < 4.78 is 15.2. The lowest BCUT2D eigenvalue weighted by molar-refractivity contribution is -0.203. The van der Waals surface area contributed by atoms with Crippen molar-refractivity contribution in [2.24, 2.45) is 4.99 Å². The number of nitrogens with zero attached hydrogens (tertiary/aromatic N) is 1. The number of hydrogen-bond acceptors (Lipinski definition) is 8. The van der Waals surface area contributed by atoms with E-state index in [-0.39, 0.29) is 17.7 Å². The fraction of sp³-hybridized carbons (Fsp3) is 0.182. The van der Waals surface area contributed by atoms with E-state index < -0.39 is 35.0 Å². The Balaban J connectivity index is 2.10. The molecule has 0 radical (unpaired) electrons. The van der Waals surface area contributed by atoms with Gasteiger partial charge in [-0.2, -0.15) is 0 Å². The van der Waals surface area contributed by atoms with Crippen LogP contribution in [0.5, 0.6) is 0 Å². The van der Waals surface area contributed by atoms with Crippen LogP contribution >= 0.6 is 0 Å². The minimum Gasteiger partial charge on any atom is -0.504 e. The predicted molar refractivity (Wildman–Crippen MR) is 106 cm³/mol. The molecule has 1 N–H and O–H groups in total. The summed E-state index contributed by atoms with van der Waals surface area (Å²) in [5.41, 5.74) is 0.625. The molecule has 0 aromatic heterocycles. The number of methoxy groups -OCH3 is 1. The van der Waals surface area contributed by atoms with E-state index in [4.69, 9.17) is 14.2 Å². The second kappa shape index (κ2) is 8.60. The number of aliphatic hydroxyl groups excluding tert-OH is 1. The number of cyclic esters (lactones) is 1. The molecule has 0 fully saturated rings. The van der Waals surface area contributed by atoms with Crippen molar-refractivity contribution in [1.82, 2.24) is 0 Å². The van der Waals surface area contributed by atoms with Crippen LogP contribution in [0.4, 0.5) is 0 Å². The van der Waals surface area contributed by atoms with Gasteiger partial charge >= 0.3 is 23.7 Å². The van der Waals surface area contributed by atoms with Crippen molar-refractivity contribution in [3.05, 3.63) is 82.6 Å². The van der Waals surface area contributed by atoms with Crippen LogP contribution in [-0.2, 0) is 36.1 Å². The first-order valence-corrected chi connectivity index (χ1v) is 8.97. The van der Waals surface area contributed by atoms with E-state index in [0.717, 1.165) is 25.8 Å². The quantitative estimate of drug-likeness (QED) is 0.338. The standard InChI is InChI=1S/C22H19NO7/c1-14(24)29-22(18-11-7-6-10-16(18)21(27)30-22)19(25)17(20(26)28-2)13-23-12-15-8-4-3-5-9-15/h3-11,13,25H,12H2,1-2H3/b19-17-,23-13?. The van der Waals surface area contributed by atoms with Gasteiger partial charge < -0.3 is 19.3 Å². The second-order valence-electron chi connectivity index (χ2n) is 6.35. The van der Waals surface area contributed by atoms with Crippen molar-refractivity contribution < 1.29 is 33.7 Å². The maximum Gasteiger partial charge on any atom is 0.344 e. The average Bonchev–Trinajstić information content (AvgIpc) is 3.03. The smallest absolute Gasteiger partial charge is 0.344 e. The highest BCUT2D eigenvalue weighted by Crippen LogP contribution is 2.43. The van der Waals surface area contributed by atoms with E-state index >= 15 is 0 Å². The molecule has 3 rings (SSSR count). The largest absolute Gasteiger partial charge is 0.504 e. The van der Waals surface area contributed by atoms with Crippen LogP contribution in [0.1, 0.15) is 28.4 Å². The zero-order chi connectivity index (χ0) is 21.7. The van der Waals surface area contributed by atoms with Gasteiger partial charge in [-0.3, -0.25) is 9.79 Å². The number of hydrogen-bond donors (Lipinski definition) is 1. The molecule has 2 aromatic rings. The van der Waals surface area contributed by atoms with Gasteiger partial charge in [-0.1, -0.05) is 42.5 Å². The lowest BCUT2D eigenvalue weighted by Gasteiger charge is -2.27. The number of aliphatic imine (C=N–C) groups is 1. The topological polar surface area (TPSA) is 111 Å². The Bertz CT molecular complexity index is 1040. The third-order valence-electron chi connectivity index (χ3n) is 4.33. The Morgan fingerprint density at radius 2 is 1.80 bits per heavy atom. The van der Waals surface area contributed by atoms with Gasteiger partial charge in [0.15, 0.2) is 5.76 Å². The molecule has 0 bridgehead atoms. The van der Waals surface area contributed by atoms with E-state index in [9.17, 15) is 19.5 Å². The maximum absolute atomic E-state index is 12.4. The van der Waals surface area contributed by atoms with E-state index in [2.05, 4.69) is 4.99 Å². The van der Waals surface area contributed by atoms with Gasteiger partial charge in [-0.25, -0.2) is 9.59 Å². The number of carbonyl (C=O) groups is 3. The second-order valence-corrected chi connectivity index (χ2v) is 6.35. The number of aliphatic hydroxyl groups is 1. The Hall–Kier alpha value is -3.94. The highest BCUT2D eigenvalue weighted by Gasteiger charge is 2.54. The molecular weight excluding hydrogens is 390 g/mol. The van der Waals surface area contributed by atoms with E-state index in [1.165, 1.54) is 12.1 Å². The van der Waals surface area contributed by atoms with Crippen molar-refractivity contribution in [2.75, 3.05) is 7.11 Å². The molecule has 1 aliphatic heterocycles. The van der Waals surface area contributed by atoms with Gasteiger partial charge in [0.1, 0.15) is 5.57 Å². The van der Waals surface area contributed by atoms with E-state index in [0.29, 0.717) is 0 Å². The zero-order valence-corrected chi connectivity index (χ0v) is 16.3. The molecule has 8 nitrogen and oxygen atoms in total. The lowest BCUT2D eigenvalue weighted by atomic mass is 9.98. The zero-order valence-electron chi connectivity index (χ0n) is 16.3. The van der Waals surface area contributed by atoms with Crippen molar-refractivity contribution in [3.8, 4) is 0 Å². The Labute approximate surface area is 172 Å². The summed E-state index contributed by atoms with van der Waals surface area (Å²) in [6, 6.07) is 15.3. The molecule has 2 aromatic carbocycles. The third kappa shape index (κ3) is 3.93. The van der Waals surface area contributed by atoms with Gasteiger partial charge in [0.25, 0.3) is 0 Å². The summed E-state index contributed by atoms with van der Waals surface area (Å²) in [4.78, 5) is 40.6. The molecule has 1 heterocycles. The summed E-state index contributed by atoms with van der Waals surface area (Å²) >= 11 is 0. The number of esters is 3. The molecule has 30 heavy (non-hydrogen) atoms. The molecular formula is C22H19NO7. The van der Waals surface area contributed by atoms with Crippen LogP contribution in [0.25, 0.3) is 0 Å². The molecule has 0 spiro atoms. The molecule has 8 heteroatoms. The molecule has 1 atom stereocenters. The number of ether oxygens (including phenoxy) is 3. The normalized spacial score (nSPS) is 18.4. The van der Waals surface area contributed by atoms with Crippen LogP contribution in [0.3, 0.4) is 0 Å². The minimum absolute atomic E-state index is 0.0839. The fourth-order valence-electron chi connectivity index (χ4n) is 3.01. The van der Waals surface area contributed by atoms with Crippen LogP contribution in [0.2, 0.25) is 0 Å². The van der Waals surface area contributed by atoms with Gasteiger partial charge in [0.2, 0.25) is 0 Å². The highest BCUT2D eigenvalue weighted by molar-refractivity contribution is 6.10. The summed E-state index contributed by atoms with van der Waals surface area (Å²) in [5, 5.41) is 11.0. The predicted octanol–water partition coefficient (Wildman–Crippen LogP) is 2.83. The molecule has 1 aliphatic rings. The average molecular weight is 409 g/mol. The van der Waals surface area contributed by atoms with Gasteiger partial charge in [0.05, 0.1) is 24.8 Å². The van der Waals surface area contributed by atoms with E-state index in [1.807, 2.05) is 30.3 Å². The summed E-state index contributed by atoms with van der Waals surface area (Å²) in [5.74, 6) is -5.74. The summed E-state index contributed by atoms with van der Waals surface area (Å²) in [6.45, 7) is 1.30. The number of benzene rings is 2. The van der Waals surface area contributed by atoms with Crippen LogP contribution in [0.15, 0.2) is 70.9 Å². The lowest BCUT2D eigenvalue weighted by Crippen LogP contribution is -2.36. The first-order chi connectivity index (χ1) is 14.4. The Morgan fingerprint density at radius 1 is 1.13 bits per heavy atom. The van der Waals surface area contributed by atoms with Crippen molar-refractivity contribution in [1.29, 1.82) is 0 Å². The maximum atomic E-state index is 12.4. The fourth-order valence-corrected chi connectivity index (χ4v) is 3.01. The van der Waals surface area contributed by atoms with Crippen LogP contribution < -0.4 is 0 Å². The molecule has 0 amide bonds. The van der Waals surface area contributed by atoms with Crippen LogP contribution in [-0.4, -0.2) is 36.3 Å². The molecule has 0 saturated carbocycles. The Kier molecular flexibility index (Phi) is 5.96. The highest BCUT2D eigenvalue weighted by atomic mass is 16.7. The molecule has 154 valence electrons. The number of rotatable bonds is 6. The monoisotopic (exact) mass is 409 g/mol. The van der Waals surface area contributed by atoms with Gasteiger partial charge in [-0.05, 0) is 17.7 Å². The van der Waals surface area contributed by atoms with Crippen molar-refractivity contribution >= 4 is 24.1 Å². The van der Waals surface area contributed by atoms with Gasteiger partial charge in [-0.15, -0.1) is 0 Å².